The van der Waals surface area contributed by atoms with Crippen molar-refractivity contribution in [3.05, 3.63) is 77.7 Å². The Morgan fingerprint density at radius 2 is 1.82 bits per heavy atom. The number of rotatable bonds is 5. The van der Waals surface area contributed by atoms with E-state index >= 15 is 0 Å². The molecule has 4 rings (SSSR count). The molecule has 1 N–H and O–H groups in total. The maximum atomic E-state index is 12.6. The maximum Gasteiger partial charge on any atom is 0.223 e. The number of nitrogens with zero attached hydrogens (tertiary/aromatic N) is 3. The van der Waals surface area contributed by atoms with Crippen molar-refractivity contribution in [2.45, 2.75) is 19.4 Å². The molecule has 2 aromatic heterocycles. The zero-order valence-electron chi connectivity index (χ0n) is 15.6. The van der Waals surface area contributed by atoms with E-state index in [9.17, 15) is 4.79 Å². The highest BCUT2D eigenvalue weighted by atomic mass is 35.5. The first-order chi connectivity index (χ1) is 13.7. The van der Waals surface area contributed by atoms with Crippen LogP contribution in [-0.2, 0) is 11.3 Å². The second-order valence-electron chi connectivity index (χ2n) is 7.01. The van der Waals surface area contributed by atoms with Crippen LogP contribution >= 0.6 is 11.6 Å². The SMILES string of the molecule is O=C(NCc1ccccc1Cl)C1CCN(c2ncccc2-n2cccc2)CC1. The predicted octanol–water partition coefficient (Wildman–Crippen LogP) is 4.06. The van der Waals surface area contributed by atoms with Crippen molar-refractivity contribution in [3.8, 4) is 5.69 Å². The molecule has 3 heterocycles. The van der Waals surface area contributed by atoms with Crippen LogP contribution in [0.15, 0.2) is 67.1 Å². The molecule has 0 bridgehead atoms. The zero-order chi connectivity index (χ0) is 19.3. The minimum atomic E-state index is 0.0254. The van der Waals surface area contributed by atoms with Crippen LogP contribution in [0.25, 0.3) is 5.69 Å². The van der Waals surface area contributed by atoms with Crippen molar-refractivity contribution < 1.29 is 4.79 Å². The quantitative estimate of drug-likeness (QED) is 0.710. The Bertz CT molecular complexity index is 933. The Morgan fingerprint density at radius 3 is 2.57 bits per heavy atom. The van der Waals surface area contributed by atoms with Crippen LogP contribution in [0.3, 0.4) is 0 Å². The molecule has 1 saturated heterocycles. The highest BCUT2D eigenvalue weighted by Crippen LogP contribution is 2.27. The van der Waals surface area contributed by atoms with E-state index in [0.29, 0.717) is 11.6 Å². The van der Waals surface area contributed by atoms with Gasteiger partial charge in [0.2, 0.25) is 5.91 Å². The molecule has 28 heavy (non-hydrogen) atoms. The van der Waals surface area contributed by atoms with Crippen LogP contribution in [0.2, 0.25) is 5.02 Å². The van der Waals surface area contributed by atoms with Gasteiger partial charge in [0, 0.05) is 49.2 Å². The summed E-state index contributed by atoms with van der Waals surface area (Å²) < 4.78 is 2.07. The third-order valence-electron chi connectivity index (χ3n) is 5.22. The molecule has 1 amide bonds. The lowest BCUT2D eigenvalue weighted by Crippen LogP contribution is -2.41. The second-order valence-corrected chi connectivity index (χ2v) is 7.41. The Balaban J connectivity index is 1.36. The van der Waals surface area contributed by atoms with E-state index in [4.69, 9.17) is 11.6 Å². The van der Waals surface area contributed by atoms with Gasteiger partial charge in [-0.2, -0.15) is 0 Å². The average Bonchev–Trinajstić information content (AvgIpc) is 3.28. The largest absolute Gasteiger partial charge is 0.355 e. The Hall–Kier alpha value is -2.79. The van der Waals surface area contributed by atoms with Gasteiger partial charge >= 0.3 is 0 Å². The van der Waals surface area contributed by atoms with Crippen LogP contribution in [0.4, 0.5) is 5.82 Å². The monoisotopic (exact) mass is 394 g/mol. The van der Waals surface area contributed by atoms with E-state index in [2.05, 4.69) is 25.8 Å². The summed E-state index contributed by atoms with van der Waals surface area (Å²) in [7, 11) is 0. The molecule has 0 spiro atoms. The van der Waals surface area contributed by atoms with E-state index in [-0.39, 0.29) is 11.8 Å². The van der Waals surface area contributed by atoms with Gasteiger partial charge in [0.15, 0.2) is 5.82 Å². The van der Waals surface area contributed by atoms with Gasteiger partial charge < -0.3 is 14.8 Å². The molecule has 1 aliphatic heterocycles. The molecule has 3 aromatic rings. The molecular weight excluding hydrogens is 372 g/mol. The normalized spacial score (nSPS) is 14.8. The van der Waals surface area contributed by atoms with Gasteiger partial charge in [-0.15, -0.1) is 0 Å². The number of piperidine rings is 1. The second kappa shape index (κ2) is 8.48. The molecule has 144 valence electrons. The summed E-state index contributed by atoms with van der Waals surface area (Å²) >= 11 is 6.17. The van der Waals surface area contributed by atoms with Gasteiger partial charge in [-0.25, -0.2) is 4.98 Å². The lowest BCUT2D eigenvalue weighted by atomic mass is 9.95. The Kier molecular flexibility index (Phi) is 5.63. The number of benzene rings is 1. The van der Waals surface area contributed by atoms with Crippen LogP contribution in [0.5, 0.6) is 0 Å². The molecule has 0 saturated carbocycles. The smallest absolute Gasteiger partial charge is 0.223 e. The Labute approximate surface area is 170 Å². The van der Waals surface area contributed by atoms with Gasteiger partial charge in [-0.1, -0.05) is 29.8 Å². The van der Waals surface area contributed by atoms with Crippen LogP contribution in [0, 0.1) is 5.92 Å². The van der Waals surface area contributed by atoms with E-state index in [0.717, 1.165) is 43.0 Å². The molecule has 1 aromatic carbocycles. The van der Waals surface area contributed by atoms with Gasteiger partial charge in [0.05, 0.1) is 5.69 Å². The third kappa shape index (κ3) is 4.04. The number of hydrogen-bond acceptors (Lipinski definition) is 3. The minimum absolute atomic E-state index is 0.0254. The standard InChI is InChI=1S/C22H23ClN4O/c23-19-7-2-1-6-18(19)16-25-22(28)17-9-14-27(15-10-17)21-20(8-5-11-24-21)26-12-3-4-13-26/h1-8,11-13,17H,9-10,14-16H2,(H,25,28). The fourth-order valence-electron chi connectivity index (χ4n) is 3.65. The number of halogens is 1. The number of pyridine rings is 1. The first kappa shape index (κ1) is 18.6. The van der Waals surface area contributed by atoms with Crippen molar-refractivity contribution in [2.75, 3.05) is 18.0 Å². The number of carbonyl (C=O) groups excluding carboxylic acids is 1. The number of amides is 1. The van der Waals surface area contributed by atoms with E-state index in [1.54, 1.807) is 0 Å². The molecule has 0 aliphatic carbocycles. The summed E-state index contributed by atoms with van der Waals surface area (Å²) in [5.74, 6) is 1.09. The van der Waals surface area contributed by atoms with Gasteiger partial charge in [0.25, 0.3) is 0 Å². The van der Waals surface area contributed by atoms with Gasteiger partial charge in [-0.3, -0.25) is 4.79 Å². The first-order valence-corrected chi connectivity index (χ1v) is 9.94. The summed E-state index contributed by atoms with van der Waals surface area (Å²) in [4.78, 5) is 19.5. The fraction of sp³-hybridized carbons (Fsp3) is 0.273. The number of nitrogens with one attached hydrogen (secondary N) is 1. The van der Waals surface area contributed by atoms with E-state index in [1.807, 2.05) is 61.1 Å². The first-order valence-electron chi connectivity index (χ1n) is 9.57. The molecule has 1 aliphatic rings. The van der Waals surface area contributed by atoms with Gasteiger partial charge in [-0.05, 0) is 48.7 Å². The molecule has 5 nitrogen and oxygen atoms in total. The van der Waals surface area contributed by atoms with Crippen LogP contribution in [0.1, 0.15) is 18.4 Å². The summed E-state index contributed by atoms with van der Waals surface area (Å²) in [5, 5.41) is 3.72. The molecular formula is C22H23ClN4O. The number of hydrogen-bond donors (Lipinski definition) is 1. The van der Waals surface area contributed by atoms with Crippen molar-refractivity contribution in [1.29, 1.82) is 0 Å². The van der Waals surface area contributed by atoms with Crippen LogP contribution in [-0.4, -0.2) is 28.5 Å². The lowest BCUT2D eigenvalue weighted by Gasteiger charge is -2.33. The summed E-state index contributed by atoms with van der Waals surface area (Å²) in [6.45, 7) is 2.10. The van der Waals surface area contributed by atoms with Crippen molar-refractivity contribution >= 4 is 23.3 Å². The summed E-state index contributed by atoms with van der Waals surface area (Å²) in [5.41, 5.74) is 2.01. The minimum Gasteiger partial charge on any atom is -0.355 e. The summed E-state index contributed by atoms with van der Waals surface area (Å²) in [6, 6.07) is 15.6. The summed E-state index contributed by atoms with van der Waals surface area (Å²) in [6.07, 6.45) is 7.50. The highest BCUT2D eigenvalue weighted by Gasteiger charge is 2.26. The lowest BCUT2D eigenvalue weighted by molar-refractivity contribution is -0.125. The fourth-order valence-corrected chi connectivity index (χ4v) is 3.85. The van der Waals surface area contributed by atoms with Crippen LogP contribution < -0.4 is 10.2 Å². The van der Waals surface area contributed by atoms with Gasteiger partial charge in [0.1, 0.15) is 0 Å². The number of carbonyl (C=O) groups is 1. The number of anilines is 1. The Morgan fingerprint density at radius 1 is 1.07 bits per heavy atom. The van der Waals surface area contributed by atoms with Crippen molar-refractivity contribution in [3.63, 3.8) is 0 Å². The molecule has 6 heteroatoms. The van der Waals surface area contributed by atoms with E-state index in [1.165, 1.54) is 0 Å². The highest BCUT2D eigenvalue weighted by molar-refractivity contribution is 6.31. The third-order valence-corrected chi connectivity index (χ3v) is 5.59. The molecule has 0 unspecified atom stereocenters. The molecule has 0 radical (unpaired) electrons. The zero-order valence-corrected chi connectivity index (χ0v) is 16.3. The number of aromatic nitrogens is 2. The topological polar surface area (TPSA) is 50.2 Å². The van der Waals surface area contributed by atoms with Crippen molar-refractivity contribution in [2.24, 2.45) is 5.92 Å². The maximum absolute atomic E-state index is 12.6. The van der Waals surface area contributed by atoms with E-state index < -0.39 is 0 Å². The molecule has 1 fully saturated rings. The van der Waals surface area contributed by atoms with Crippen molar-refractivity contribution in [1.82, 2.24) is 14.9 Å². The average molecular weight is 395 g/mol. The molecule has 0 atom stereocenters. The predicted molar refractivity (Wildman–Crippen MR) is 112 cm³/mol.